The average molecular weight is 548 g/mol. The molecule has 1 aromatic rings. The molecule has 2 unspecified atom stereocenters. The molecule has 11 nitrogen and oxygen atoms in total. The summed E-state index contributed by atoms with van der Waals surface area (Å²) >= 11 is 1.72. The molecule has 0 saturated carbocycles. The lowest BCUT2D eigenvalue weighted by atomic mass is 9.93. The average Bonchev–Trinajstić information content (AvgIpc) is 2.85. The predicted octanol–water partition coefficient (Wildman–Crippen LogP) is 0.250. The highest BCUT2D eigenvalue weighted by atomic mass is 127. The topological polar surface area (TPSA) is 171 Å². The van der Waals surface area contributed by atoms with Crippen molar-refractivity contribution < 1.29 is 34.0 Å². The Labute approximate surface area is 180 Å². The van der Waals surface area contributed by atoms with E-state index in [0.717, 1.165) is 18.4 Å². The quantitative estimate of drug-likeness (QED) is 0.237. The van der Waals surface area contributed by atoms with Crippen LogP contribution in [0.5, 0.6) is 0 Å². The van der Waals surface area contributed by atoms with Crippen molar-refractivity contribution in [1.29, 1.82) is 0 Å². The molecule has 1 fully saturated rings. The summed E-state index contributed by atoms with van der Waals surface area (Å²) in [5.74, 6) is 0. The van der Waals surface area contributed by atoms with Crippen molar-refractivity contribution in [2.24, 2.45) is 0 Å². The molecule has 0 aromatic carbocycles. The number of aromatic nitrogens is 2. The van der Waals surface area contributed by atoms with Crippen LogP contribution in [0, 0.1) is 3.57 Å². The zero-order valence-electron chi connectivity index (χ0n) is 16.4. The largest absolute Gasteiger partial charge is 0.388 e. The molecular formula is C16H26IN2O9P. The van der Waals surface area contributed by atoms with Crippen LogP contribution in [-0.4, -0.2) is 59.0 Å². The third-order valence-electron chi connectivity index (χ3n) is 4.95. The van der Waals surface area contributed by atoms with E-state index in [1.807, 2.05) is 0 Å². The van der Waals surface area contributed by atoms with E-state index in [-0.39, 0.29) is 16.4 Å². The molecule has 0 spiro atoms. The van der Waals surface area contributed by atoms with Gasteiger partial charge in [0.1, 0.15) is 12.2 Å². The molecule has 0 amide bonds. The Morgan fingerprint density at radius 3 is 2.41 bits per heavy atom. The Morgan fingerprint density at radius 2 is 1.90 bits per heavy atom. The molecule has 1 saturated heterocycles. The maximum atomic E-state index is 12.4. The first-order valence-electron chi connectivity index (χ1n) is 8.90. The summed E-state index contributed by atoms with van der Waals surface area (Å²) in [6.07, 6.45) is -3.90. The number of H-pyrrole nitrogens is 1. The highest BCUT2D eigenvalue weighted by Gasteiger charge is 2.50. The standard InChI is InChI=1S/C16H26IN2O9P/c1-5-16(4,28-29(25,26)15(2,3)24)6-9-10(20)11(21)13(27-9)19-7-8(17)12(22)18-14(19)23/h7,9-11,13,20-21,24H,5-6H2,1-4H3,(H,25,26)(H,18,22,23)/t9-,10-,11-,13-,16?/m1/s1. The van der Waals surface area contributed by atoms with Gasteiger partial charge in [0.15, 0.2) is 11.6 Å². The van der Waals surface area contributed by atoms with E-state index in [2.05, 4.69) is 4.98 Å². The van der Waals surface area contributed by atoms with Crippen LogP contribution in [-0.2, 0) is 13.8 Å². The van der Waals surface area contributed by atoms with Gasteiger partial charge in [0, 0.05) is 12.6 Å². The second-order valence-electron chi connectivity index (χ2n) is 7.80. The van der Waals surface area contributed by atoms with Gasteiger partial charge < -0.3 is 29.5 Å². The van der Waals surface area contributed by atoms with Crippen molar-refractivity contribution in [2.45, 2.75) is 76.0 Å². The summed E-state index contributed by atoms with van der Waals surface area (Å²) < 4.78 is 24.6. The Balaban J connectivity index is 2.28. The number of hydrogen-bond donors (Lipinski definition) is 5. The fourth-order valence-electron chi connectivity index (χ4n) is 2.86. The summed E-state index contributed by atoms with van der Waals surface area (Å²) in [4.78, 5) is 35.8. The predicted molar refractivity (Wildman–Crippen MR) is 110 cm³/mol. The van der Waals surface area contributed by atoms with Gasteiger partial charge in [0.25, 0.3) is 5.56 Å². The molecule has 1 aliphatic rings. The minimum absolute atomic E-state index is 0.103. The van der Waals surface area contributed by atoms with Gasteiger partial charge in [-0.05, 0) is 49.8 Å². The molecule has 1 aromatic heterocycles. The smallest absolute Gasteiger partial charge is 0.359 e. The van der Waals surface area contributed by atoms with Gasteiger partial charge in [-0.25, -0.2) is 4.79 Å². The summed E-state index contributed by atoms with van der Waals surface area (Å²) in [5.41, 5.74) is -2.69. The summed E-state index contributed by atoms with van der Waals surface area (Å²) in [5, 5.41) is 28.7. The van der Waals surface area contributed by atoms with Gasteiger partial charge >= 0.3 is 13.3 Å². The number of aliphatic hydroxyl groups is 3. The lowest BCUT2D eigenvalue weighted by Gasteiger charge is -2.36. The van der Waals surface area contributed by atoms with E-state index in [4.69, 9.17) is 9.26 Å². The van der Waals surface area contributed by atoms with Gasteiger partial charge in [-0.2, -0.15) is 0 Å². The number of aromatic amines is 1. The first-order valence-corrected chi connectivity index (χ1v) is 11.6. The van der Waals surface area contributed by atoms with Crippen LogP contribution < -0.4 is 11.2 Å². The first kappa shape index (κ1) is 24.7. The van der Waals surface area contributed by atoms with Gasteiger partial charge in [-0.3, -0.25) is 18.9 Å². The molecule has 166 valence electrons. The van der Waals surface area contributed by atoms with Crippen molar-refractivity contribution in [1.82, 2.24) is 9.55 Å². The molecule has 0 bridgehead atoms. The van der Waals surface area contributed by atoms with Crippen molar-refractivity contribution in [3.8, 4) is 0 Å². The van der Waals surface area contributed by atoms with E-state index in [1.54, 1.807) is 29.5 Å². The Morgan fingerprint density at radius 1 is 1.31 bits per heavy atom. The number of hydrogen-bond acceptors (Lipinski definition) is 8. The Bertz CT molecular complexity index is 911. The van der Waals surface area contributed by atoms with Crippen LogP contribution in [0.25, 0.3) is 0 Å². The van der Waals surface area contributed by atoms with Gasteiger partial charge in [-0.1, -0.05) is 6.92 Å². The molecule has 0 aliphatic carbocycles. The van der Waals surface area contributed by atoms with E-state index < -0.39 is 54.3 Å². The molecule has 5 N–H and O–H groups in total. The number of nitrogens with one attached hydrogen (secondary N) is 1. The minimum atomic E-state index is -4.44. The highest BCUT2D eigenvalue weighted by Crippen LogP contribution is 2.57. The first-order chi connectivity index (χ1) is 13.1. The number of halogens is 1. The van der Waals surface area contributed by atoms with Crippen LogP contribution in [0.1, 0.15) is 46.8 Å². The van der Waals surface area contributed by atoms with Gasteiger partial charge in [0.05, 0.1) is 15.3 Å². The van der Waals surface area contributed by atoms with Crippen molar-refractivity contribution in [3.05, 3.63) is 30.6 Å². The zero-order chi connectivity index (χ0) is 22.4. The minimum Gasteiger partial charge on any atom is -0.388 e. The lowest BCUT2D eigenvalue weighted by Crippen LogP contribution is -2.40. The molecule has 0 radical (unpaired) electrons. The number of aliphatic hydroxyl groups excluding tert-OH is 2. The van der Waals surface area contributed by atoms with Crippen LogP contribution in [0.4, 0.5) is 0 Å². The SMILES string of the molecule is CCC(C)(C[C@H]1O[C@@H](n2cc(I)c(=O)[nH]c2=O)[C@H](O)[C@@H]1O)OP(=O)(O)C(C)(C)O. The molecule has 2 rings (SSSR count). The van der Waals surface area contributed by atoms with Crippen LogP contribution in [0.15, 0.2) is 15.8 Å². The maximum Gasteiger partial charge on any atom is 0.359 e. The number of nitrogens with zero attached hydrogens (tertiary/aromatic N) is 1. The Kier molecular flexibility index (Phi) is 7.23. The molecule has 13 heteroatoms. The fraction of sp³-hybridized carbons (Fsp3) is 0.750. The van der Waals surface area contributed by atoms with Gasteiger partial charge in [0.2, 0.25) is 0 Å². The third kappa shape index (κ3) is 5.18. The molecule has 6 atom stereocenters. The monoisotopic (exact) mass is 548 g/mol. The van der Waals surface area contributed by atoms with Gasteiger partial charge in [-0.15, -0.1) is 0 Å². The lowest BCUT2D eigenvalue weighted by molar-refractivity contribution is -0.0710. The number of ether oxygens (including phenoxy) is 1. The van der Waals surface area contributed by atoms with E-state index in [0.29, 0.717) is 0 Å². The van der Waals surface area contributed by atoms with Crippen molar-refractivity contribution in [2.75, 3.05) is 0 Å². The third-order valence-corrected chi connectivity index (χ3v) is 7.79. The number of rotatable bonds is 7. The molecule has 2 heterocycles. The van der Waals surface area contributed by atoms with Crippen molar-refractivity contribution >= 4 is 30.2 Å². The molecular weight excluding hydrogens is 522 g/mol. The fourth-order valence-corrected chi connectivity index (χ4v) is 4.32. The van der Waals surface area contributed by atoms with E-state index in [9.17, 15) is 34.4 Å². The van der Waals surface area contributed by atoms with Crippen LogP contribution in [0.2, 0.25) is 0 Å². The highest BCUT2D eigenvalue weighted by molar-refractivity contribution is 14.1. The Hall–Kier alpha value is -0.600. The van der Waals surface area contributed by atoms with Crippen LogP contribution >= 0.6 is 30.2 Å². The summed E-state index contributed by atoms with van der Waals surface area (Å²) in [6.45, 7) is 5.50. The zero-order valence-corrected chi connectivity index (χ0v) is 19.5. The van der Waals surface area contributed by atoms with E-state index in [1.165, 1.54) is 13.1 Å². The molecule has 1 aliphatic heterocycles. The second-order valence-corrected chi connectivity index (χ2v) is 11.3. The second kappa shape index (κ2) is 8.50. The van der Waals surface area contributed by atoms with Crippen LogP contribution in [0.3, 0.4) is 0 Å². The van der Waals surface area contributed by atoms with Crippen molar-refractivity contribution in [3.63, 3.8) is 0 Å². The summed E-state index contributed by atoms with van der Waals surface area (Å²) in [7, 11) is -4.44. The normalized spacial score (nSPS) is 29.4. The van der Waals surface area contributed by atoms with E-state index >= 15 is 0 Å². The molecule has 29 heavy (non-hydrogen) atoms. The maximum absolute atomic E-state index is 12.4. The summed E-state index contributed by atoms with van der Waals surface area (Å²) in [6, 6.07) is 0.